The maximum atomic E-state index is 5.94. The van der Waals surface area contributed by atoms with E-state index in [1.807, 2.05) is 6.92 Å². The van der Waals surface area contributed by atoms with Gasteiger partial charge in [0.15, 0.2) is 0 Å². The van der Waals surface area contributed by atoms with Gasteiger partial charge in [-0.25, -0.2) is 0 Å². The Hall–Kier alpha value is -0.540. The Bertz CT molecular complexity index is 407. The first-order chi connectivity index (χ1) is 8.47. The zero-order valence-corrected chi connectivity index (χ0v) is 13.1. The lowest BCUT2D eigenvalue weighted by molar-refractivity contribution is 0.357. The van der Waals surface area contributed by atoms with Gasteiger partial charge in [0, 0.05) is 29.3 Å². The highest BCUT2D eigenvalue weighted by Crippen LogP contribution is 2.31. The van der Waals surface area contributed by atoms with E-state index in [9.17, 15) is 0 Å². The van der Waals surface area contributed by atoms with Crippen LogP contribution in [-0.2, 0) is 0 Å². The zero-order valence-electron chi connectivity index (χ0n) is 11.5. The van der Waals surface area contributed by atoms with E-state index in [-0.39, 0.29) is 6.04 Å². The molecule has 0 aliphatic carbocycles. The molecule has 18 heavy (non-hydrogen) atoms. The smallest absolute Gasteiger partial charge is 0.0377 e. The second-order valence-electron chi connectivity index (χ2n) is 5.85. The van der Waals surface area contributed by atoms with Gasteiger partial charge in [0.2, 0.25) is 0 Å². The van der Waals surface area contributed by atoms with Crippen molar-refractivity contribution in [3.05, 3.63) is 28.2 Å². The van der Waals surface area contributed by atoms with E-state index < -0.39 is 0 Å². The third-order valence-corrected chi connectivity index (χ3v) is 4.40. The number of benzene rings is 1. The average Bonchev–Trinajstić information content (AvgIpc) is 2.26. The van der Waals surface area contributed by atoms with E-state index in [1.165, 1.54) is 17.7 Å². The van der Waals surface area contributed by atoms with Gasteiger partial charge in [-0.05, 0) is 42.9 Å². The summed E-state index contributed by atoms with van der Waals surface area (Å²) >= 11 is 3.64. The first kappa shape index (κ1) is 13.9. The molecule has 0 amide bonds. The van der Waals surface area contributed by atoms with Crippen LogP contribution in [0.15, 0.2) is 22.7 Å². The molecule has 1 heterocycles. The minimum Gasteiger partial charge on any atom is -0.371 e. The SMILES string of the molecule is CC1CC(C)CN(c2ccc([C@H](C)N)c(Br)c2)C1. The normalized spacial score (nSPS) is 26.2. The molecule has 2 rings (SSSR count). The van der Waals surface area contributed by atoms with Crippen LogP contribution in [0, 0.1) is 11.8 Å². The van der Waals surface area contributed by atoms with Gasteiger partial charge in [-0.3, -0.25) is 0 Å². The fourth-order valence-electron chi connectivity index (χ4n) is 2.96. The topological polar surface area (TPSA) is 29.3 Å². The number of hydrogen-bond acceptors (Lipinski definition) is 2. The standard InChI is InChI=1S/C15H23BrN2/c1-10-6-11(2)9-18(8-10)13-4-5-14(12(3)17)15(16)7-13/h4-5,7,10-12H,6,8-9,17H2,1-3H3/t10?,11?,12-/m0/s1. The zero-order chi connectivity index (χ0) is 13.3. The van der Waals surface area contributed by atoms with Gasteiger partial charge in [-0.15, -0.1) is 0 Å². The molecule has 3 heteroatoms. The van der Waals surface area contributed by atoms with Gasteiger partial charge in [0.05, 0.1) is 0 Å². The summed E-state index contributed by atoms with van der Waals surface area (Å²) in [6.07, 6.45) is 1.34. The van der Waals surface area contributed by atoms with Crippen LogP contribution in [0.2, 0.25) is 0 Å². The summed E-state index contributed by atoms with van der Waals surface area (Å²) in [6.45, 7) is 9.02. The maximum absolute atomic E-state index is 5.94. The molecule has 3 atom stereocenters. The fourth-order valence-corrected chi connectivity index (χ4v) is 3.68. The number of anilines is 1. The third kappa shape index (κ3) is 3.07. The summed E-state index contributed by atoms with van der Waals surface area (Å²) in [5.74, 6) is 1.56. The van der Waals surface area contributed by atoms with Crippen molar-refractivity contribution in [3.8, 4) is 0 Å². The second-order valence-corrected chi connectivity index (χ2v) is 6.70. The molecule has 1 saturated heterocycles. The predicted octanol–water partition coefficient (Wildman–Crippen LogP) is 3.95. The van der Waals surface area contributed by atoms with Gasteiger partial charge >= 0.3 is 0 Å². The number of rotatable bonds is 2. The van der Waals surface area contributed by atoms with E-state index >= 15 is 0 Å². The van der Waals surface area contributed by atoms with Crippen molar-refractivity contribution in [1.82, 2.24) is 0 Å². The summed E-state index contributed by atoms with van der Waals surface area (Å²) in [7, 11) is 0. The lowest BCUT2D eigenvalue weighted by Gasteiger charge is -2.37. The number of nitrogens with zero attached hydrogens (tertiary/aromatic N) is 1. The van der Waals surface area contributed by atoms with E-state index in [4.69, 9.17) is 5.73 Å². The molecule has 2 unspecified atom stereocenters. The van der Waals surface area contributed by atoms with Crippen molar-refractivity contribution in [3.63, 3.8) is 0 Å². The van der Waals surface area contributed by atoms with Crippen LogP contribution in [0.1, 0.15) is 38.8 Å². The highest BCUT2D eigenvalue weighted by atomic mass is 79.9. The first-order valence-corrected chi connectivity index (χ1v) is 7.56. The molecule has 0 radical (unpaired) electrons. The molecule has 100 valence electrons. The average molecular weight is 311 g/mol. The molecule has 0 bridgehead atoms. The van der Waals surface area contributed by atoms with Gasteiger partial charge in [-0.2, -0.15) is 0 Å². The maximum Gasteiger partial charge on any atom is 0.0377 e. The van der Waals surface area contributed by atoms with Crippen molar-refractivity contribution in [1.29, 1.82) is 0 Å². The fraction of sp³-hybridized carbons (Fsp3) is 0.600. The van der Waals surface area contributed by atoms with Gasteiger partial charge < -0.3 is 10.6 Å². The van der Waals surface area contributed by atoms with Crippen molar-refractivity contribution < 1.29 is 0 Å². The largest absolute Gasteiger partial charge is 0.371 e. The summed E-state index contributed by atoms with van der Waals surface area (Å²) in [5, 5.41) is 0. The quantitative estimate of drug-likeness (QED) is 0.896. The summed E-state index contributed by atoms with van der Waals surface area (Å²) in [4.78, 5) is 2.49. The lowest BCUT2D eigenvalue weighted by Crippen LogP contribution is -2.38. The van der Waals surface area contributed by atoms with Gasteiger partial charge in [0.1, 0.15) is 0 Å². The highest BCUT2D eigenvalue weighted by Gasteiger charge is 2.22. The molecule has 0 spiro atoms. The number of piperidine rings is 1. The molecule has 2 N–H and O–H groups in total. The number of nitrogens with two attached hydrogens (primary N) is 1. The third-order valence-electron chi connectivity index (χ3n) is 3.71. The van der Waals surface area contributed by atoms with Gasteiger partial charge in [0.25, 0.3) is 0 Å². The predicted molar refractivity (Wildman–Crippen MR) is 81.9 cm³/mol. The Balaban J connectivity index is 2.21. The summed E-state index contributed by atoms with van der Waals surface area (Å²) in [6, 6.07) is 6.64. The molecule has 1 fully saturated rings. The van der Waals surface area contributed by atoms with E-state index in [2.05, 4.69) is 52.9 Å². The highest BCUT2D eigenvalue weighted by molar-refractivity contribution is 9.10. The van der Waals surface area contributed by atoms with E-state index in [1.54, 1.807) is 0 Å². The van der Waals surface area contributed by atoms with E-state index in [0.29, 0.717) is 0 Å². The monoisotopic (exact) mass is 310 g/mol. The summed E-state index contributed by atoms with van der Waals surface area (Å²) < 4.78 is 1.13. The number of hydrogen-bond donors (Lipinski definition) is 1. The number of halogens is 1. The van der Waals surface area contributed by atoms with E-state index in [0.717, 1.165) is 29.4 Å². The summed E-state index contributed by atoms with van der Waals surface area (Å²) in [5.41, 5.74) is 8.43. The van der Waals surface area contributed by atoms with Crippen LogP contribution in [0.5, 0.6) is 0 Å². The van der Waals surface area contributed by atoms with Gasteiger partial charge in [-0.1, -0.05) is 35.8 Å². The van der Waals surface area contributed by atoms with Crippen LogP contribution < -0.4 is 10.6 Å². The molecule has 1 aromatic rings. The second kappa shape index (κ2) is 5.62. The molecule has 0 aromatic heterocycles. The minimum atomic E-state index is 0.0765. The molecule has 1 aliphatic heterocycles. The molecular formula is C15H23BrN2. The molecular weight excluding hydrogens is 288 g/mol. The molecule has 1 aliphatic rings. The Morgan fingerprint density at radius 1 is 1.28 bits per heavy atom. The Labute approximate surface area is 119 Å². The Morgan fingerprint density at radius 3 is 2.39 bits per heavy atom. The van der Waals surface area contributed by atoms with Crippen molar-refractivity contribution >= 4 is 21.6 Å². The van der Waals surface area contributed by atoms with Crippen LogP contribution in [0.25, 0.3) is 0 Å². The van der Waals surface area contributed by atoms with Crippen molar-refractivity contribution in [2.45, 2.75) is 33.2 Å². The van der Waals surface area contributed by atoms with Crippen LogP contribution in [0.4, 0.5) is 5.69 Å². The molecule has 0 saturated carbocycles. The Kier molecular flexibility index (Phi) is 4.33. The van der Waals surface area contributed by atoms with Crippen molar-refractivity contribution in [2.24, 2.45) is 17.6 Å². The lowest BCUT2D eigenvalue weighted by atomic mass is 9.91. The van der Waals surface area contributed by atoms with Crippen LogP contribution >= 0.6 is 15.9 Å². The van der Waals surface area contributed by atoms with Crippen molar-refractivity contribution in [2.75, 3.05) is 18.0 Å². The Morgan fingerprint density at radius 2 is 1.89 bits per heavy atom. The molecule has 2 nitrogen and oxygen atoms in total. The molecule has 1 aromatic carbocycles. The minimum absolute atomic E-state index is 0.0765. The van der Waals surface area contributed by atoms with Crippen LogP contribution in [-0.4, -0.2) is 13.1 Å². The van der Waals surface area contributed by atoms with Crippen LogP contribution in [0.3, 0.4) is 0 Å². The first-order valence-electron chi connectivity index (χ1n) is 6.77.